The number of methoxy groups -OCH3 is 1. The van der Waals surface area contributed by atoms with Gasteiger partial charge in [-0.25, -0.2) is 0 Å². The van der Waals surface area contributed by atoms with Crippen LogP contribution >= 0.6 is 27.5 Å². The summed E-state index contributed by atoms with van der Waals surface area (Å²) in [5.41, 5.74) is 6.06. The van der Waals surface area contributed by atoms with Crippen molar-refractivity contribution in [3.63, 3.8) is 0 Å². The lowest BCUT2D eigenvalue weighted by Crippen LogP contribution is -2.41. The van der Waals surface area contributed by atoms with E-state index in [-0.39, 0.29) is 12.3 Å². The summed E-state index contributed by atoms with van der Waals surface area (Å²) in [6, 6.07) is 12.2. The number of amides is 2. The maximum Gasteiger partial charge on any atom is 0.269 e. The number of hydrogen-bond donors (Lipinski definition) is 2. The van der Waals surface area contributed by atoms with Gasteiger partial charge in [0.25, 0.3) is 5.91 Å². The van der Waals surface area contributed by atoms with Crippen LogP contribution in [-0.4, -0.2) is 18.9 Å². The van der Waals surface area contributed by atoms with Crippen LogP contribution in [0, 0.1) is 0 Å². The van der Waals surface area contributed by atoms with Gasteiger partial charge in [0, 0.05) is 17.0 Å². The maximum absolute atomic E-state index is 12.0. The summed E-state index contributed by atoms with van der Waals surface area (Å²) in [5.74, 6) is -0.0874. The number of rotatable bonds is 5. The van der Waals surface area contributed by atoms with E-state index in [1.54, 1.807) is 31.4 Å². The summed E-state index contributed by atoms with van der Waals surface area (Å²) < 4.78 is 5.76. The van der Waals surface area contributed by atoms with Crippen LogP contribution in [0.2, 0.25) is 5.02 Å². The average molecular weight is 412 g/mol. The Hall–Kier alpha value is -2.05. The van der Waals surface area contributed by atoms with Gasteiger partial charge in [-0.1, -0.05) is 29.8 Å². The van der Waals surface area contributed by atoms with Crippen molar-refractivity contribution >= 4 is 39.3 Å². The average Bonchev–Trinajstić information content (AvgIpc) is 2.58. The molecule has 2 aromatic carbocycles. The van der Waals surface area contributed by atoms with Gasteiger partial charge >= 0.3 is 0 Å². The molecule has 5 nitrogen and oxygen atoms in total. The minimum absolute atomic E-state index is 0.219. The smallest absolute Gasteiger partial charge is 0.269 e. The highest BCUT2D eigenvalue weighted by molar-refractivity contribution is 9.10. The quantitative estimate of drug-likeness (QED) is 0.740. The molecule has 0 bridgehead atoms. The van der Waals surface area contributed by atoms with Crippen LogP contribution in [0.4, 0.5) is 0 Å². The molecule has 2 rings (SSSR count). The molecule has 2 amide bonds. The molecule has 0 aliphatic carbocycles. The van der Waals surface area contributed by atoms with E-state index in [9.17, 15) is 9.59 Å². The number of hydrogen-bond acceptors (Lipinski definition) is 3. The number of aryl methyl sites for hydroxylation is 1. The van der Waals surface area contributed by atoms with Gasteiger partial charge in [-0.3, -0.25) is 20.4 Å². The summed E-state index contributed by atoms with van der Waals surface area (Å²) in [4.78, 5) is 23.9. The van der Waals surface area contributed by atoms with Gasteiger partial charge in [-0.15, -0.1) is 0 Å². The second-order valence-electron chi connectivity index (χ2n) is 4.94. The number of carbonyl (C=O) groups is 2. The van der Waals surface area contributed by atoms with Gasteiger partial charge in [0.2, 0.25) is 5.91 Å². The van der Waals surface area contributed by atoms with Crippen molar-refractivity contribution in [1.29, 1.82) is 0 Å². The Morgan fingerprint density at radius 1 is 1.17 bits per heavy atom. The second-order valence-corrected chi connectivity index (χ2v) is 6.20. The van der Waals surface area contributed by atoms with Crippen LogP contribution in [0.15, 0.2) is 46.9 Å². The summed E-state index contributed by atoms with van der Waals surface area (Å²) >= 11 is 9.35. The van der Waals surface area contributed by atoms with Gasteiger partial charge in [0.05, 0.1) is 11.6 Å². The highest BCUT2D eigenvalue weighted by Crippen LogP contribution is 2.25. The zero-order chi connectivity index (χ0) is 17.5. The number of halogens is 2. The second kappa shape index (κ2) is 8.70. The van der Waals surface area contributed by atoms with Crippen molar-refractivity contribution in [2.75, 3.05) is 7.11 Å². The van der Waals surface area contributed by atoms with Crippen LogP contribution in [0.3, 0.4) is 0 Å². The van der Waals surface area contributed by atoms with Crippen molar-refractivity contribution < 1.29 is 14.3 Å². The summed E-state index contributed by atoms with van der Waals surface area (Å²) in [5, 5.41) is 0.623. The van der Waals surface area contributed by atoms with Crippen LogP contribution < -0.4 is 15.6 Å². The topological polar surface area (TPSA) is 67.4 Å². The van der Waals surface area contributed by atoms with E-state index in [4.69, 9.17) is 16.3 Å². The molecule has 126 valence electrons. The zero-order valence-corrected chi connectivity index (χ0v) is 15.3. The summed E-state index contributed by atoms with van der Waals surface area (Å²) in [6.07, 6.45) is 0.714. The highest BCUT2D eigenvalue weighted by atomic mass is 79.9. The normalized spacial score (nSPS) is 10.1. The first-order valence-corrected chi connectivity index (χ1v) is 8.34. The first-order valence-electron chi connectivity index (χ1n) is 7.17. The van der Waals surface area contributed by atoms with Gasteiger partial charge in [-0.05, 0) is 52.2 Å². The molecule has 0 saturated heterocycles. The van der Waals surface area contributed by atoms with Gasteiger partial charge in [0.1, 0.15) is 5.75 Å². The largest absolute Gasteiger partial charge is 0.496 e. The monoisotopic (exact) mass is 410 g/mol. The van der Waals surface area contributed by atoms with Gasteiger partial charge in [-0.2, -0.15) is 0 Å². The first-order chi connectivity index (χ1) is 11.5. The van der Waals surface area contributed by atoms with E-state index >= 15 is 0 Å². The Labute approximate surface area is 153 Å². The Balaban J connectivity index is 1.84. The Morgan fingerprint density at radius 3 is 2.58 bits per heavy atom. The van der Waals surface area contributed by atoms with Crippen LogP contribution in [-0.2, 0) is 11.2 Å². The minimum Gasteiger partial charge on any atom is -0.496 e. The Kier molecular flexibility index (Phi) is 6.63. The SMILES string of the molecule is COc1ccc(C(=O)NNC(=O)CCc2ccccc2Cl)cc1Br. The molecule has 0 aliphatic heterocycles. The van der Waals surface area contributed by atoms with E-state index in [0.29, 0.717) is 27.2 Å². The van der Waals surface area contributed by atoms with E-state index in [1.807, 2.05) is 18.2 Å². The van der Waals surface area contributed by atoms with Crippen LogP contribution in [0.5, 0.6) is 5.75 Å². The van der Waals surface area contributed by atoms with Crippen molar-refractivity contribution in [2.45, 2.75) is 12.8 Å². The van der Waals surface area contributed by atoms with E-state index in [1.165, 1.54) is 0 Å². The molecule has 7 heteroatoms. The standard InChI is InChI=1S/C17H16BrClN2O3/c1-24-15-8-6-12(10-13(15)18)17(23)21-20-16(22)9-7-11-4-2-3-5-14(11)19/h2-6,8,10H,7,9H2,1H3,(H,20,22)(H,21,23). The van der Waals surface area contributed by atoms with Crippen molar-refractivity contribution in [1.82, 2.24) is 10.9 Å². The van der Waals surface area contributed by atoms with E-state index in [2.05, 4.69) is 26.8 Å². The minimum atomic E-state index is -0.413. The first kappa shape index (κ1) is 18.3. The van der Waals surface area contributed by atoms with Crippen molar-refractivity contribution in [2.24, 2.45) is 0 Å². The molecule has 0 unspecified atom stereocenters. The molecule has 2 N–H and O–H groups in total. The Bertz CT molecular complexity index is 752. The molecular weight excluding hydrogens is 396 g/mol. The predicted molar refractivity (Wildman–Crippen MR) is 96.1 cm³/mol. The molecule has 0 radical (unpaired) electrons. The lowest BCUT2D eigenvalue weighted by atomic mass is 10.1. The third kappa shape index (κ3) is 4.97. The van der Waals surface area contributed by atoms with Crippen LogP contribution in [0.1, 0.15) is 22.3 Å². The fraction of sp³-hybridized carbons (Fsp3) is 0.176. The molecule has 0 fully saturated rings. The molecule has 0 aromatic heterocycles. The van der Waals surface area contributed by atoms with Crippen molar-refractivity contribution in [3.8, 4) is 5.75 Å². The number of nitrogens with one attached hydrogen (secondary N) is 2. The third-order valence-corrected chi connectivity index (χ3v) is 4.30. The molecule has 0 heterocycles. The molecular formula is C17H16BrClN2O3. The van der Waals surface area contributed by atoms with Crippen molar-refractivity contribution in [3.05, 3.63) is 63.1 Å². The zero-order valence-electron chi connectivity index (χ0n) is 12.9. The lowest BCUT2D eigenvalue weighted by molar-refractivity contribution is -0.121. The van der Waals surface area contributed by atoms with E-state index in [0.717, 1.165) is 5.56 Å². The molecule has 24 heavy (non-hydrogen) atoms. The molecule has 0 saturated carbocycles. The van der Waals surface area contributed by atoms with Crippen LogP contribution in [0.25, 0.3) is 0 Å². The molecule has 0 aliphatic rings. The number of ether oxygens (including phenoxy) is 1. The third-order valence-electron chi connectivity index (χ3n) is 3.31. The molecule has 0 atom stereocenters. The van der Waals surface area contributed by atoms with E-state index < -0.39 is 5.91 Å². The summed E-state index contributed by atoms with van der Waals surface area (Å²) in [7, 11) is 1.54. The molecule has 0 spiro atoms. The molecule has 2 aromatic rings. The fourth-order valence-corrected chi connectivity index (χ4v) is 2.79. The predicted octanol–water partition coefficient (Wildman–Crippen LogP) is 3.50. The maximum atomic E-state index is 12.0. The number of benzene rings is 2. The summed E-state index contributed by atoms with van der Waals surface area (Å²) in [6.45, 7) is 0. The number of carbonyl (C=O) groups excluding carboxylic acids is 2. The highest BCUT2D eigenvalue weighted by Gasteiger charge is 2.10. The van der Waals surface area contributed by atoms with Gasteiger partial charge < -0.3 is 4.74 Å². The Morgan fingerprint density at radius 2 is 1.92 bits per heavy atom. The lowest BCUT2D eigenvalue weighted by Gasteiger charge is -2.09. The fourth-order valence-electron chi connectivity index (χ4n) is 2.02. The number of hydrazine groups is 1. The van der Waals surface area contributed by atoms with Gasteiger partial charge in [0.15, 0.2) is 0 Å².